The predicted molar refractivity (Wildman–Crippen MR) is 106 cm³/mol. The van der Waals surface area contributed by atoms with Crippen molar-refractivity contribution in [2.75, 3.05) is 18.5 Å². The first-order valence-electron chi connectivity index (χ1n) is 9.42. The van der Waals surface area contributed by atoms with E-state index in [1.165, 1.54) is 24.1 Å². The van der Waals surface area contributed by atoms with Gasteiger partial charge in [0.25, 0.3) is 0 Å². The van der Waals surface area contributed by atoms with Gasteiger partial charge in [0.2, 0.25) is 5.91 Å². The van der Waals surface area contributed by atoms with Gasteiger partial charge >= 0.3 is 5.97 Å². The molecule has 3 rings (SSSR count). The van der Waals surface area contributed by atoms with E-state index >= 15 is 0 Å². The molecule has 0 spiro atoms. The number of anilines is 1. The SMILES string of the molecule is CCOC(=O)c1sc2ncnc(NC(C)C(=O)N3CCCCC3C)c2c1C. The fraction of sp³-hybridized carbons (Fsp3) is 0.579. The standard InChI is InChI=1S/C19H26N4O3S/c1-5-26-19(25)15-12(3)14-16(20-10-21-17(14)27-15)22-13(4)18(24)23-9-7-6-8-11(23)2/h10-11,13H,5-9H2,1-4H3,(H,20,21,22). The van der Waals surface area contributed by atoms with Gasteiger partial charge in [-0.3, -0.25) is 4.79 Å². The summed E-state index contributed by atoms with van der Waals surface area (Å²) in [5.74, 6) is 0.303. The molecule has 1 saturated heterocycles. The molecule has 2 aromatic rings. The lowest BCUT2D eigenvalue weighted by atomic mass is 10.0. The van der Waals surface area contributed by atoms with Crippen LogP contribution in [0.3, 0.4) is 0 Å². The van der Waals surface area contributed by atoms with Crippen molar-refractivity contribution in [3.63, 3.8) is 0 Å². The van der Waals surface area contributed by atoms with Crippen LogP contribution in [0.2, 0.25) is 0 Å². The molecule has 0 saturated carbocycles. The zero-order valence-corrected chi connectivity index (χ0v) is 17.1. The van der Waals surface area contributed by atoms with Gasteiger partial charge in [0, 0.05) is 12.6 Å². The van der Waals surface area contributed by atoms with Crippen LogP contribution in [-0.2, 0) is 9.53 Å². The number of hydrogen-bond acceptors (Lipinski definition) is 7. The van der Waals surface area contributed by atoms with Crippen molar-refractivity contribution in [3.05, 3.63) is 16.8 Å². The lowest BCUT2D eigenvalue weighted by Crippen LogP contribution is -2.48. The number of hydrogen-bond donors (Lipinski definition) is 1. The summed E-state index contributed by atoms with van der Waals surface area (Å²) in [5.41, 5.74) is 0.780. The van der Waals surface area contributed by atoms with Crippen LogP contribution in [-0.4, -0.2) is 52.0 Å². The highest BCUT2D eigenvalue weighted by atomic mass is 32.1. The average Bonchev–Trinajstić information content (AvgIpc) is 2.99. The second-order valence-corrected chi connectivity index (χ2v) is 7.92. The minimum atomic E-state index is -0.408. The van der Waals surface area contributed by atoms with Crippen molar-refractivity contribution >= 4 is 39.2 Å². The van der Waals surface area contributed by atoms with E-state index in [0.29, 0.717) is 22.1 Å². The van der Waals surface area contributed by atoms with E-state index in [9.17, 15) is 9.59 Å². The second kappa shape index (κ2) is 8.21. The lowest BCUT2D eigenvalue weighted by Gasteiger charge is -2.35. The molecule has 0 bridgehead atoms. The largest absolute Gasteiger partial charge is 0.462 e. The van der Waals surface area contributed by atoms with E-state index < -0.39 is 6.04 Å². The number of carbonyl (C=O) groups excluding carboxylic acids is 2. The van der Waals surface area contributed by atoms with Crippen molar-refractivity contribution in [2.45, 2.75) is 59.0 Å². The maximum atomic E-state index is 12.9. The Hall–Kier alpha value is -2.22. The van der Waals surface area contributed by atoms with Crippen LogP contribution in [0, 0.1) is 6.92 Å². The zero-order chi connectivity index (χ0) is 19.6. The van der Waals surface area contributed by atoms with E-state index in [1.807, 2.05) is 18.7 Å². The number of rotatable bonds is 5. The Balaban J connectivity index is 1.86. The van der Waals surface area contributed by atoms with E-state index in [4.69, 9.17) is 4.74 Å². The highest BCUT2D eigenvalue weighted by Gasteiger charge is 2.28. The van der Waals surface area contributed by atoms with Crippen molar-refractivity contribution in [2.24, 2.45) is 0 Å². The minimum Gasteiger partial charge on any atom is -0.462 e. The van der Waals surface area contributed by atoms with Crippen LogP contribution in [0.5, 0.6) is 0 Å². The number of piperidine rings is 1. The van der Waals surface area contributed by atoms with Gasteiger partial charge in [-0.2, -0.15) is 0 Å². The lowest BCUT2D eigenvalue weighted by molar-refractivity contribution is -0.134. The molecule has 0 radical (unpaired) electrons. The summed E-state index contributed by atoms with van der Waals surface area (Å²) in [4.78, 5) is 36.9. The van der Waals surface area contributed by atoms with Crippen molar-refractivity contribution in [1.29, 1.82) is 0 Å². The number of fused-ring (bicyclic) bond motifs is 1. The molecule has 1 aliphatic rings. The first-order chi connectivity index (χ1) is 12.9. The molecule has 0 aromatic carbocycles. The second-order valence-electron chi connectivity index (χ2n) is 6.92. The summed E-state index contributed by atoms with van der Waals surface area (Å²) < 4.78 is 5.13. The summed E-state index contributed by atoms with van der Waals surface area (Å²) in [6.07, 6.45) is 4.72. The van der Waals surface area contributed by atoms with Gasteiger partial charge in [0.15, 0.2) is 0 Å². The molecule has 1 aliphatic heterocycles. The van der Waals surface area contributed by atoms with Crippen LogP contribution in [0.15, 0.2) is 6.33 Å². The number of nitrogens with one attached hydrogen (secondary N) is 1. The third kappa shape index (κ3) is 3.90. The van der Waals surface area contributed by atoms with E-state index in [-0.39, 0.29) is 17.9 Å². The number of thiophene rings is 1. The maximum absolute atomic E-state index is 12.9. The van der Waals surface area contributed by atoms with Gasteiger partial charge in [-0.15, -0.1) is 11.3 Å². The number of likely N-dealkylation sites (tertiary alicyclic amines) is 1. The first-order valence-corrected chi connectivity index (χ1v) is 10.2. The van der Waals surface area contributed by atoms with E-state index in [2.05, 4.69) is 22.2 Å². The van der Waals surface area contributed by atoms with Gasteiger partial charge in [-0.05, 0) is 52.5 Å². The molecule has 2 aromatic heterocycles. The first kappa shape index (κ1) is 19.5. The molecular weight excluding hydrogens is 364 g/mol. The summed E-state index contributed by atoms with van der Waals surface area (Å²) in [7, 11) is 0. The van der Waals surface area contributed by atoms with Crippen molar-refractivity contribution < 1.29 is 14.3 Å². The highest BCUT2D eigenvalue weighted by molar-refractivity contribution is 7.20. The minimum absolute atomic E-state index is 0.0764. The normalized spacial score (nSPS) is 18.4. The number of aryl methyl sites for hydroxylation is 1. The van der Waals surface area contributed by atoms with Crippen molar-refractivity contribution in [1.82, 2.24) is 14.9 Å². The smallest absolute Gasteiger partial charge is 0.348 e. The molecule has 1 N–H and O–H groups in total. The monoisotopic (exact) mass is 390 g/mol. The van der Waals surface area contributed by atoms with Crippen LogP contribution in [0.25, 0.3) is 10.2 Å². The maximum Gasteiger partial charge on any atom is 0.348 e. The Morgan fingerprint density at radius 3 is 2.89 bits per heavy atom. The van der Waals surface area contributed by atoms with Gasteiger partial charge < -0.3 is 15.0 Å². The Morgan fingerprint density at radius 2 is 2.19 bits per heavy atom. The summed E-state index contributed by atoms with van der Waals surface area (Å²) >= 11 is 1.29. The van der Waals surface area contributed by atoms with E-state index in [0.717, 1.165) is 30.3 Å². The number of esters is 1. The number of amides is 1. The third-order valence-corrected chi connectivity index (χ3v) is 6.18. The van der Waals surface area contributed by atoms with Gasteiger partial charge in [-0.25, -0.2) is 14.8 Å². The van der Waals surface area contributed by atoms with E-state index in [1.54, 1.807) is 6.92 Å². The molecule has 2 unspecified atom stereocenters. The van der Waals surface area contributed by atoms with Crippen LogP contribution in [0.1, 0.15) is 55.3 Å². The fourth-order valence-corrected chi connectivity index (χ4v) is 4.56. The van der Waals surface area contributed by atoms with Gasteiger partial charge in [0.1, 0.15) is 27.9 Å². The number of ether oxygens (including phenoxy) is 1. The molecule has 3 heterocycles. The molecular formula is C19H26N4O3S. The average molecular weight is 391 g/mol. The quantitative estimate of drug-likeness (QED) is 0.788. The molecule has 1 amide bonds. The number of aromatic nitrogens is 2. The Labute approximate surface area is 163 Å². The topological polar surface area (TPSA) is 84.4 Å². The Morgan fingerprint density at radius 1 is 1.41 bits per heavy atom. The molecule has 1 fully saturated rings. The van der Waals surface area contributed by atoms with Crippen LogP contribution >= 0.6 is 11.3 Å². The van der Waals surface area contributed by atoms with Crippen molar-refractivity contribution in [3.8, 4) is 0 Å². The zero-order valence-electron chi connectivity index (χ0n) is 16.2. The Kier molecular flexibility index (Phi) is 5.94. The Bertz CT molecular complexity index is 851. The number of nitrogens with zero attached hydrogens (tertiary/aromatic N) is 3. The third-order valence-electron chi connectivity index (χ3n) is 5.00. The van der Waals surface area contributed by atoms with Crippen LogP contribution < -0.4 is 5.32 Å². The molecule has 8 heteroatoms. The predicted octanol–water partition coefficient (Wildman–Crippen LogP) is 3.38. The van der Waals surface area contributed by atoms with Gasteiger partial charge in [0.05, 0.1) is 12.0 Å². The fourth-order valence-electron chi connectivity index (χ4n) is 3.51. The molecule has 146 valence electrons. The number of carbonyl (C=O) groups is 2. The molecule has 7 nitrogen and oxygen atoms in total. The van der Waals surface area contributed by atoms with Crippen LogP contribution in [0.4, 0.5) is 5.82 Å². The highest BCUT2D eigenvalue weighted by Crippen LogP contribution is 2.34. The van der Waals surface area contributed by atoms with Gasteiger partial charge in [-0.1, -0.05) is 0 Å². The summed E-state index contributed by atoms with van der Waals surface area (Å²) in [6, 6.07) is -0.145. The molecule has 27 heavy (non-hydrogen) atoms. The summed E-state index contributed by atoms with van der Waals surface area (Å²) in [5, 5.41) is 4.01. The summed E-state index contributed by atoms with van der Waals surface area (Å²) in [6.45, 7) is 8.71. The molecule has 2 atom stereocenters. The molecule has 0 aliphatic carbocycles.